The number of alkyl halides is 3. The molecule has 0 radical (unpaired) electrons. The topological polar surface area (TPSA) is 147 Å². The number of nitrogens with zero attached hydrogens (tertiary/aromatic N) is 7. The van der Waals surface area contributed by atoms with Gasteiger partial charge in [-0.3, -0.25) is 19.3 Å². The maximum atomic E-state index is 13.5. The zero-order valence-corrected chi connectivity index (χ0v) is 22.8. The second-order valence-corrected chi connectivity index (χ2v) is 10.8. The van der Waals surface area contributed by atoms with Gasteiger partial charge in [0.2, 0.25) is 27.7 Å². The van der Waals surface area contributed by atoms with Gasteiger partial charge in [0.15, 0.2) is 11.5 Å². The van der Waals surface area contributed by atoms with Crippen LogP contribution in [0.15, 0.2) is 43.0 Å². The van der Waals surface area contributed by atoms with Crippen molar-refractivity contribution >= 4 is 16.0 Å². The average molecular weight is 579 g/mol. The molecule has 3 heterocycles. The summed E-state index contributed by atoms with van der Waals surface area (Å²) in [5.41, 5.74) is 0.138. The first kappa shape index (κ1) is 28.7. The summed E-state index contributed by atoms with van der Waals surface area (Å²) in [4.78, 5) is 16.5. The third-order valence-electron chi connectivity index (χ3n) is 6.17. The smallest absolute Gasteiger partial charge is 0.416 e. The van der Waals surface area contributed by atoms with Crippen LogP contribution in [0, 0.1) is 6.92 Å². The molecule has 1 N–H and O–H groups in total. The number of methoxy groups -OCH3 is 2. The van der Waals surface area contributed by atoms with E-state index in [1.165, 1.54) is 45.7 Å². The lowest BCUT2D eigenvalue weighted by Crippen LogP contribution is -2.31. The lowest BCUT2D eigenvalue weighted by molar-refractivity contribution is -0.137. The minimum Gasteiger partial charge on any atom is -0.479 e. The van der Waals surface area contributed by atoms with Gasteiger partial charge in [0, 0.05) is 23.9 Å². The zero-order valence-electron chi connectivity index (χ0n) is 22.0. The Morgan fingerprint density at radius 3 is 2.23 bits per heavy atom. The van der Waals surface area contributed by atoms with Crippen LogP contribution in [0.5, 0.6) is 11.8 Å². The standard InChI is InChI=1S/C24H25F3N8O4S/c1-13-10-29-18(11-28-13)14(2)15(3)40(36,37)34-23-33-32-20(16-7-6-8-17(9-16)24(25,26)27)35(23)19-21(38-4)30-12-31-22(19)39-5/h6-12,14-15H,1-5H3,(H,33,34). The number of hydrogen-bond acceptors (Lipinski definition) is 10. The van der Waals surface area contributed by atoms with Crippen LogP contribution < -0.4 is 14.2 Å². The van der Waals surface area contributed by atoms with Crippen molar-refractivity contribution in [2.45, 2.75) is 38.1 Å². The molecule has 0 amide bonds. The van der Waals surface area contributed by atoms with Gasteiger partial charge in [-0.2, -0.15) is 23.1 Å². The highest BCUT2D eigenvalue weighted by molar-refractivity contribution is 7.93. The number of rotatable bonds is 9. The molecule has 2 atom stereocenters. The van der Waals surface area contributed by atoms with Crippen molar-refractivity contribution in [3.8, 4) is 28.8 Å². The molecular formula is C24H25F3N8O4S. The fourth-order valence-electron chi connectivity index (χ4n) is 3.79. The van der Waals surface area contributed by atoms with E-state index in [2.05, 4.69) is 34.9 Å². The fraction of sp³-hybridized carbons (Fsp3) is 0.333. The second kappa shape index (κ2) is 11.0. The Balaban J connectivity index is 1.86. The number of halogens is 3. The number of hydrogen-bond donors (Lipinski definition) is 1. The maximum Gasteiger partial charge on any atom is 0.416 e. The number of benzene rings is 1. The third kappa shape index (κ3) is 5.66. The summed E-state index contributed by atoms with van der Waals surface area (Å²) < 4.78 is 81.7. The first-order valence-electron chi connectivity index (χ1n) is 11.7. The van der Waals surface area contributed by atoms with Crippen LogP contribution in [0.3, 0.4) is 0 Å². The van der Waals surface area contributed by atoms with Gasteiger partial charge >= 0.3 is 6.18 Å². The predicted octanol–water partition coefficient (Wildman–Crippen LogP) is 3.79. The molecule has 4 rings (SSSR count). The van der Waals surface area contributed by atoms with Crippen LogP contribution in [-0.4, -0.2) is 62.6 Å². The Bertz CT molecular complexity index is 1590. The van der Waals surface area contributed by atoms with Gasteiger partial charge in [0.05, 0.1) is 36.4 Å². The van der Waals surface area contributed by atoms with Crippen molar-refractivity contribution in [1.29, 1.82) is 0 Å². The molecule has 0 fully saturated rings. The van der Waals surface area contributed by atoms with Crippen molar-refractivity contribution in [2.24, 2.45) is 0 Å². The van der Waals surface area contributed by atoms with Crippen molar-refractivity contribution < 1.29 is 31.1 Å². The predicted molar refractivity (Wildman–Crippen MR) is 138 cm³/mol. The van der Waals surface area contributed by atoms with E-state index < -0.39 is 32.9 Å². The third-order valence-corrected chi connectivity index (χ3v) is 8.03. The number of aromatic nitrogens is 7. The molecule has 0 aliphatic heterocycles. The van der Waals surface area contributed by atoms with Gasteiger partial charge in [-0.25, -0.2) is 8.42 Å². The maximum absolute atomic E-state index is 13.5. The Morgan fingerprint density at radius 2 is 1.65 bits per heavy atom. The van der Waals surface area contributed by atoms with Crippen LogP contribution in [0.4, 0.5) is 19.1 Å². The molecule has 0 saturated heterocycles. The number of anilines is 1. The summed E-state index contributed by atoms with van der Waals surface area (Å²) in [6.45, 7) is 4.92. The van der Waals surface area contributed by atoms with Gasteiger partial charge in [-0.05, 0) is 26.0 Å². The zero-order chi connectivity index (χ0) is 29.2. The highest BCUT2D eigenvalue weighted by atomic mass is 32.2. The molecule has 212 valence electrons. The molecular weight excluding hydrogens is 553 g/mol. The molecule has 0 spiro atoms. The highest BCUT2D eigenvalue weighted by Crippen LogP contribution is 2.37. The Kier molecular flexibility index (Phi) is 7.91. The van der Waals surface area contributed by atoms with Gasteiger partial charge in [-0.1, -0.05) is 19.1 Å². The van der Waals surface area contributed by atoms with Gasteiger partial charge in [0.1, 0.15) is 6.33 Å². The summed E-state index contributed by atoms with van der Waals surface area (Å²) in [6.07, 6.45) is -0.464. The molecule has 16 heteroatoms. The van der Waals surface area contributed by atoms with Crippen molar-refractivity contribution in [1.82, 2.24) is 34.7 Å². The summed E-state index contributed by atoms with van der Waals surface area (Å²) in [7, 11) is -1.58. The minimum absolute atomic E-state index is 0.0166. The lowest BCUT2D eigenvalue weighted by Gasteiger charge is -2.21. The van der Waals surface area contributed by atoms with Gasteiger partial charge in [0.25, 0.3) is 0 Å². The van der Waals surface area contributed by atoms with Crippen LogP contribution in [-0.2, 0) is 16.2 Å². The fourth-order valence-corrected chi connectivity index (χ4v) is 5.04. The second-order valence-electron chi connectivity index (χ2n) is 8.73. The molecule has 0 aliphatic carbocycles. The largest absolute Gasteiger partial charge is 0.479 e. The van der Waals surface area contributed by atoms with Crippen LogP contribution >= 0.6 is 0 Å². The summed E-state index contributed by atoms with van der Waals surface area (Å²) in [5, 5.41) is 6.95. The van der Waals surface area contributed by atoms with Crippen molar-refractivity contribution in [2.75, 3.05) is 18.9 Å². The van der Waals surface area contributed by atoms with E-state index in [0.717, 1.165) is 23.0 Å². The normalized spacial score (nSPS) is 13.5. The Hall–Kier alpha value is -4.34. The van der Waals surface area contributed by atoms with E-state index in [-0.39, 0.29) is 34.8 Å². The van der Waals surface area contributed by atoms with Gasteiger partial charge in [-0.15, -0.1) is 10.2 Å². The number of sulfonamides is 1. The molecule has 4 aromatic rings. The van der Waals surface area contributed by atoms with E-state index in [1.807, 2.05) is 0 Å². The van der Waals surface area contributed by atoms with Crippen LogP contribution in [0.25, 0.3) is 17.1 Å². The number of aryl methyl sites for hydroxylation is 1. The molecule has 1 aromatic carbocycles. The van der Waals surface area contributed by atoms with Gasteiger partial charge < -0.3 is 9.47 Å². The Morgan fingerprint density at radius 1 is 0.975 bits per heavy atom. The highest BCUT2D eigenvalue weighted by Gasteiger charge is 2.34. The molecule has 0 saturated carbocycles. The van der Waals surface area contributed by atoms with E-state index in [1.54, 1.807) is 13.8 Å². The summed E-state index contributed by atoms with van der Waals surface area (Å²) >= 11 is 0. The Labute approximate surface area is 227 Å². The number of nitrogens with one attached hydrogen (secondary N) is 1. The lowest BCUT2D eigenvalue weighted by atomic mass is 10.1. The van der Waals surface area contributed by atoms with Crippen LogP contribution in [0.1, 0.15) is 36.7 Å². The van der Waals surface area contributed by atoms with E-state index in [4.69, 9.17) is 9.47 Å². The first-order valence-corrected chi connectivity index (χ1v) is 13.3. The van der Waals surface area contributed by atoms with E-state index in [9.17, 15) is 21.6 Å². The quantitative estimate of drug-likeness (QED) is 0.311. The van der Waals surface area contributed by atoms with E-state index >= 15 is 0 Å². The molecule has 0 bridgehead atoms. The SMILES string of the molecule is COc1ncnc(OC)c1-n1c(NS(=O)(=O)C(C)C(C)c2cnc(C)cn2)nnc1-c1cccc(C(F)(F)F)c1. The first-order chi connectivity index (χ1) is 18.9. The van der Waals surface area contributed by atoms with E-state index in [0.29, 0.717) is 11.4 Å². The monoisotopic (exact) mass is 578 g/mol. The van der Waals surface area contributed by atoms with Crippen LogP contribution in [0.2, 0.25) is 0 Å². The van der Waals surface area contributed by atoms with Crippen molar-refractivity contribution in [3.63, 3.8) is 0 Å². The molecule has 3 aromatic heterocycles. The van der Waals surface area contributed by atoms with Crippen molar-refractivity contribution in [3.05, 3.63) is 59.9 Å². The average Bonchev–Trinajstić information content (AvgIpc) is 3.33. The molecule has 12 nitrogen and oxygen atoms in total. The summed E-state index contributed by atoms with van der Waals surface area (Å²) in [5.74, 6) is -1.24. The molecule has 2 unspecified atom stereocenters. The molecule has 0 aliphatic rings. The minimum atomic E-state index is -4.64. The number of ether oxygens (including phenoxy) is 2. The summed E-state index contributed by atoms with van der Waals surface area (Å²) in [6, 6.07) is 4.33. The molecule has 40 heavy (non-hydrogen) atoms.